The summed E-state index contributed by atoms with van der Waals surface area (Å²) in [6, 6.07) is 17.8. The molecule has 1 fully saturated rings. The molecule has 0 bridgehead atoms. The number of nitrogens with zero attached hydrogens (tertiary/aromatic N) is 4. The zero-order chi connectivity index (χ0) is 24.0. The normalized spacial score (nSPS) is 17.2. The van der Waals surface area contributed by atoms with Crippen molar-refractivity contribution in [2.75, 3.05) is 11.5 Å². The lowest BCUT2D eigenvalue weighted by molar-refractivity contribution is 0.458. The first-order valence-corrected chi connectivity index (χ1v) is 13.1. The van der Waals surface area contributed by atoms with E-state index in [0.29, 0.717) is 35.8 Å². The third kappa shape index (κ3) is 4.23. The Bertz CT molecular complexity index is 1630. The number of sulfone groups is 1. The van der Waals surface area contributed by atoms with E-state index in [0.717, 1.165) is 22.1 Å². The van der Waals surface area contributed by atoms with E-state index in [9.17, 15) is 12.8 Å². The van der Waals surface area contributed by atoms with Crippen molar-refractivity contribution >= 4 is 20.9 Å². The first-order valence-electron chi connectivity index (χ1n) is 11.3. The van der Waals surface area contributed by atoms with Crippen molar-refractivity contribution < 1.29 is 17.2 Å². The summed E-state index contributed by atoms with van der Waals surface area (Å²) in [7, 11) is -3.00. The van der Waals surface area contributed by atoms with Crippen LogP contribution in [0.25, 0.3) is 44.9 Å². The minimum Gasteiger partial charge on any atom is -0.438 e. The van der Waals surface area contributed by atoms with Crippen LogP contribution in [0.2, 0.25) is 0 Å². The van der Waals surface area contributed by atoms with Gasteiger partial charge in [0.1, 0.15) is 23.6 Å². The van der Waals surface area contributed by atoms with Crippen molar-refractivity contribution in [1.82, 2.24) is 19.7 Å². The SMILES string of the molecule is O=S1(=O)CCC(Cn2cc(-c3ncnc4oc(-c5ccccc5)cc34)c(-c3ccc(F)cc3)n2)C1. The van der Waals surface area contributed by atoms with E-state index in [2.05, 4.69) is 9.97 Å². The molecular formula is C26H21FN4O3S. The summed E-state index contributed by atoms with van der Waals surface area (Å²) in [6.07, 6.45) is 3.94. The third-order valence-corrected chi connectivity index (χ3v) is 8.13. The quantitative estimate of drug-likeness (QED) is 0.346. The molecule has 176 valence electrons. The minimum absolute atomic E-state index is 0.00200. The summed E-state index contributed by atoms with van der Waals surface area (Å²) in [5, 5.41) is 5.51. The Morgan fingerprint density at radius 3 is 2.54 bits per heavy atom. The molecule has 4 heterocycles. The molecule has 0 radical (unpaired) electrons. The Balaban J connectivity index is 1.47. The van der Waals surface area contributed by atoms with Crippen LogP contribution >= 0.6 is 0 Å². The van der Waals surface area contributed by atoms with Gasteiger partial charge in [0, 0.05) is 29.4 Å². The number of benzene rings is 2. The fraction of sp³-hybridized carbons (Fsp3) is 0.192. The highest BCUT2D eigenvalue weighted by Gasteiger charge is 2.29. The summed E-state index contributed by atoms with van der Waals surface area (Å²) in [4.78, 5) is 8.87. The standard InChI is InChI=1S/C26H21FN4O3S/c27-20-8-6-19(7-9-20)24-22(14-31(30-24)13-17-10-11-35(32,33)15-17)25-21-12-23(18-4-2-1-3-5-18)34-26(21)29-16-28-25/h1-9,12,14,16-17H,10-11,13,15H2. The van der Waals surface area contributed by atoms with E-state index >= 15 is 0 Å². The van der Waals surface area contributed by atoms with Gasteiger partial charge in [-0.25, -0.2) is 22.8 Å². The molecule has 2 aromatic carbocycles. The van der Waals surface area contributed by atoms with E-state index in [1.165, 1.54) is 18.5 Å². The van der Waals surface area contributed by atoms with Gasteiger partial charge in [-0.15, -0.1) is 0 Å². The second kappa shape index (κ2) is 8.42. The molecule has 9 heteroatoms. The Kier molecular flexibility index (Phi) is 5.21. The molecule has 0 saturated carbocycles. The lowest BCUT2D eigenvalue weighted by Gasteiger charge is -2.07. The van der Waals surface area contributed by atoms with Gasteiger partial charge in [-0.1, -0.05) is 30.3 Å². The molecule has 1 saturated heterocycles. The molecule has 1 atom stereocenters. The number of aromatic nitrogens is 4. The van der Waals surface area contributed by atoms with Gasteiger partial charge in [0.05, 0.1) is 22.6 Å². The number of rotatable bonds is 5. The minimum atomic E-state index is -3.00. The first kappa shape index (κ1) is 21.7. The number of furan rings is 1. The molecule has 0 aliphatic carbocycles. The zero-order valence-electron chi connectivity index (χ0n) is 18.6. The average molecular weight is 489 g/mol. The predicted octanol–water partition coefficient (Wildman–Crippen LogP) is 4.99. The lowest BCUT2D eigenvalue weighted by atomic mass is 10.0. The monoisotopic (exact) mass is 488 g/mol. The number of hydrogen-bond donors (Lipinski definition) is 0. The van der Waals surface area contributed by atoms with Crippen LogP contribution in [-0.2, 0) is 16.4 Å². The molecule has 3 aromatic heterocycles. The first-order chi connectivity index (χ1) is 16.9. The Morgan fingerprint density at radius 1 is 1.00 bits per heavy atom. The number of fused-ring (bicyclic) bond motifs is 1. The summed E-state index contributed by atoms with van der Waals surface area (Å²) in [5.74, 6) is 0.707. The van der Waals surface area contributed by atoms with Crippen LogP contribution in [0.5, 0.6) is 0 Å². The molecule has 35 heavy (non-hydrogen) atoms. The highest BCUT2D eigenvalue weighted by atomic mass is 32.2. The van der Waals surface area contributed by atoms with Crippen LogP contribution in [0.1, 0.15) is 6.42 Å². The van der Waals surface area contributed by atoms with Crippen LogP contribution in [0.4, 0.5) is 4.39 Å². The Morgan fingerprint density at radius 2 is 1.80 bits per heavy atom. The maximum absolute atomic E-state index is 13.6. The van der Waals surface area contributed by atoms with Crippen LogP contribution in [0, 0.1) is 11.7 Å². The van der Waals surface area contributed by atoms with E-state index < -0.39 is 9.84 Å². The van der Waals surface area contributed by atoms with Crippen molar-refractivity contribution in [3.63, 3.8) is 0 Å². The molecule has 0 N–H and O–H groups in total. The van der Waals surface area contributed by atoms with Crippen LogP contribution in [0.15, 0.2) is 77.6 Å². The topological polar surface area (TPSA) is 90.9 Å². The maximum atomic E-state index is 13.6. The van der Waals surface area contributed by atoms with Crippen LogP contribution in [0.3, 0.4) is 0 Å². The van der Waals surface area contributed by atoms with Crippen LogP contribution in [-0.4, -0.2) is 39.7 Å². The summed E-state index contributed by atoms with van der Waals surface area (Å²) in [6.45, 7) is 0.475. The fourth-order valence-electron chi connectivity index (χ4n) is 4.60. The Labute approximate surface area is 201 Å². The van der Waals surface area contributed by atoms with Gasteiger partial charge < -0.3 is 4.42 Å². The highest BCUT2D eigenvalue weighted by molar-refractivity contribution is 7.91. The molecule has 7 nitrogen and oxygen atoms in total. The van der Waals surface area contributed by atoms with E-state index in [-0.39, 0.29) is 23.2 Å². The third-order valence-electron chi connectivity index (χ3n) is 6.29. The van der Waals surface area contributed by atoms with E-state index in [1.807, 2.05) is 42.6 Å². The second-order valence-corrected chi connectivity index (χ2v) is 11.0. The number of halogens is 1. The van der Waals surface area contributed by atoms with E-state index in [4.69, 9.17) is 9.52 Å². The molecule has 1 unspecified atom stereocenters. The highest BCUT2D eigenvalue weighted by Crippen LogP contribution is 2.37. The molecular weight excluding hydrogens is 467 g/mol. The van der Waals surface area contributed by atoms with Gasteiger partial charge in [-0.05, 0) is 42.7 Å². The predicted molar refractivity (Wildman–Crippen MR) is 131 cm³/mol. The lowest BCUT2D eigenvalue weighted by Crippen LogP contribution is -2.12. The van der Waals surface area contributed by atoms with Gasteiger partial charge in [-0.2, -0.15) is 5.10 Å². The van der Waals surface area contributed by atoms with E-state index in [1.54, 1.807) is 16.8 Å². The van der Waals surface area contributed by atoms with Gasteiger partial charge in [0.15, 0.2) is 9.84 Å². The van der Waals surface area contributed by atoms with Crippen molar-refractivity contribution in [1.29, 1.82) is 0 Å². The van der Waals surface area contributed by atoms with Gasteiger partial charge in [0.25, 0.3) is 0 Å². The molecule has 1 aliphatic heterocycles. The molecule has 0 amide bonds. The van der Waals surface area contributed by atoms with Crippen LogP contribution < -0.4 is 0 Å². The summed E-state index contributed by atoms with van der Waals surface area (Å²) in [5.41, 5.74) is 4.13. The molecule has 1 aliphatic rings. The fourth-order valence-corrected chi connectivity index (χ4v) is 6.45. The zero-order valence-corrected chi connectivity index (χ0v) is 19.5. The molecule has 5 aromatic rings. The molecule has 6 rings (SSSR count). The van der Waals surface area contributed by atoms with Crippen molar-refractivity contribution in [2.45, 2.75) is 13.0 Å². The van der Waals surface area contributed by atoms with Crippen molar-refractivity contribution in [3.8, 4) is 33.8 Å². The Hall–Kier alpha value is -3.85. The van der Waals surface area contributed by atoms with Crippen molar-refractivity contribution in [2.24, 2.45) is 5.92 Å². The summed E-state index contributed by atoms with van der Waals surface area (Å²) >= 11 is 0. The maximum Gasteiger partial charge on any atom is 0.230 e. The smallest absolute Gasteiger partial charge is 0.230 e. The average Bonchev–Trinajstić information content (AvgIpc) is 3.56. The molecule has 0 spiro atoms. The van der Waals surface area contributed by atoms with Crippen molar-refractivity contribution in [3.05, 3.63) is 79.0 Å². The number of hydrogen-bond acceptors (Lipinski definition) is 6. The van der Waals surface area contributed by atoms with Gasteiger partial charge in [-0.3, -0.25) is 4.68 Å². The largest absolute Gasteiger partial charge is 0.438 e. The van der Waals surface area contributed by atoms with Gasteiger partial charge >= 0.3 is 0 Å². The second-order valence-electron chi connectivity index (χ2n) is 8.81. The summed E-state index contributed by atoms with van der Waals surface area (Å²) < 4.78 is 45.3. The van der Waals surface area contributed by atoms with Gasteiger partial charge in [0.2, 0.25) is 5.71 Å².